The molecule has 0 aliphatic rings. The fourth-order valence-electron chi connectivity index (χ4n) is 2.26. The number of hydrogen-bond donors (Lipinski definition) is 1. The Morgan fingerprint density at radius 1 is 1.16 bits per heavy atom. The number of nitrogens with one attached hydrogen (secondary N) is 1. The predicted molar refractivity (Wildman–Crippen MR) is 97.7 cm³/mol. The van der Waals surface area contributed by atoms with E-state index in [9.17, 15) is 13.2 Å². The van der Waals surface area contributed by atoms with E-state index in [-0.39, 0.29) is 28.9 Å². The molecular formula is C17H19ClN2O4S. The minimum atomic E-state index is -3.75. The smallest absolute Gasteiger partial charge is 0.242 e. The van der Waals surface area contributed by atoms with Gasteiger partial charge in [0.15, 0.2) is 0 Å². The largest absolute Gasteiger partial charge is 0.497 e. The Kier molecular flexibility index (Phi) is 6.41. The molecule has 2 rings (SSSR count). The summed E-state index contributed by atoms with van der Waals surface area (Å²) in [5, 5.41) is 0.147. The van der Waals surface area contributed by atoms with Crippen molar-refractivity contribution >= 4 is 33.2 Å². The van der Waals surface area contributed by atoms with Gasteiger partial charge in [-0.3, -0.25) is 4.79 Å². The van der Waals surface area contributed by atoms with Gasteiger partial charge >= 0.3 is 0 Å². The normalized spacial score (nSPS) is 11.2. The topological polar surface area (TPSA) is 75.7 Å². The van der Waals surface area contributed by atoms with Gasteiger partial charge in [-0.15, -0.1) is 0 Å². The lowest BCUT2D eigenvalue weighted by Gasteiger charge is -2.21. The number of ether oxygens (including phenoxy) is 1. The molecule has 134 valence electrons. The van der Waals surface area contributed by atoms with Crippen molar-refractivity contribution in [2.75, 3.05) is 25.1 Å². The van der Waals surface area contributed by atoms with Crippen LogP contribution in [0.2, 0.25) is 5.02 Å². The van der Waals surface area contributed by atoms with Crippen LogP contribution in [0.4, 0.5) is 5.69 Å². The molecule has 0 saturated carbocycles. The second kappa shape index (κ2) is 8.33. The fraction of sp³-hybridized carbons (Fsp3) is 0.235. The van der Waals surface area contributed by atoms with Gasteiger partial charge in [-0.25, -0.2) is 13.1 Å². The van der Waals surface area contributed by atoms with Gasteiger partial charge in [0, 0.05) is 25.7 Å². The molecule has 0 unspecified atom stereocenters. The molecule has 25 heavy (non-hydrogen) atoms. The van der Waals surface area contributed by atoms with Crippen LogP contribution in [0.1, 0.15) is 6.92 Å². The van der Waals surface area contributed by atoms with Gasteiger partial charge < -0.3 is 9.64 Å². The molecule has 0 aliphatic heterocycles. The highest BCUT2D eigenvalue weighted by atomic mass is 35.5. The number of carbonyl (C=O) groups is 1. The maximum Gasteiger partial charge on any atom is 0.242 e. The number of halogens is 1. The summed E-state index contributed by atoms with van der Waals surface area (Å²) in [4.78, 5) is 13.4. The van der Waals surface area contributed by atoms with E-state index in [1.54, 1.807) is 43.5 Å². The minimum absolute atomic E-state index is 0.00971. The van der Waals surface area contributed by atoms with Crippen LogP contribution < -0.4 is 14.4 Å². The van der Waals surface area contributed by atoms with Gasteiger partial charge in [-0.05, 0) is 36.4 Å². The van der Waals surface area contributed by atoms with Crippen LogP contribution in [0.25, 0.3) is 0 Å². The highest BCUT2D eigenvalue weighted by Crippen LogP contribution is 2.21. The van der Waals surface area contributed by atoms with Gasteiger partial charge in [0.2, 0.25) is 15.9 Å². The van der Waals surface area contributed by atoms with Crippen LogP contribution in [0.15, 0.2) is 53.4 Å². The zero-order chi connectivity index (χ0) is 18.4. The second-order valence-electron chi connectivity index (χ2n) is 5.20. The number of rotatable bonds is 7. The van der Waals surface area contributed by atoms with Crippen molar-refractivity contribution in [3.05, 3.63) is 53.6 Å². The molecule has 1 N–H and O–H groups in total. The lowest BCUT2D eigenvalue weighted by Crippen LogP contribution is -2.37. The van der Waals surface area contributed by atoms with Crippen molar-refractivity contribution in [2.24, 2.45) is 0 Å². The van der Waals surface area contributed by atoms with Crippen LogP contribution in [-0.4, -0.2) is 34.5 Å². The summed E-state index contributed by atoms with van der Waals surface area (Å²) >= 11 is 5.93. The first-order valence-electron chi connectivity index (χ1n) is 7.51. The molecular weight excluding hydrogens is 364 g/mol. The number of carbonyl (C=O) groups excluding carboxylic acids is 1. The molecule has 6 nitrogen and oxygen atoms in total. The van der Waals surface area contributed by atoms with Crippen molar-refractivity contribution in [3.63, 3.8) is 0 Å². The molecule has 0 spiro atoms. The number of benzene rings is 2. The van der Waals surface area contributed by atoms with Gasteiger partial charge in [0.05, 0.1) is 12.1 Å². The fourth-order valence-corrected chi connectivity index (χ4v) is 3.80. The first-order chi connectivity index (χ1) is 11.8. The third-order valence-corrected chi connectivity index (χ3v) is 5.48. The van der Waals surface area contributed by atoms with Gasteiger partial charge in [0.25, 0.3) is 0 Å². The molecule has 0 fully saturated rings. The maximum absolute atomic E-state index is 12.3. The lowest BCUT2D eigenvalue weighted by atomic mass is 10.2. The van der Waals surface area contributed by atoms with Crippen molar-refractivity contribution in [1.82, 2.24) is 4.72 Å². The summed E-state index contributed by atoms with van der Waals surface area (Å²) < 4.78 is 32.2. The van der Waals surface area contributed by atoms with Crippen molar-refractivity contribution in [1.29, 1.82) is 0 Å². The SMILES string of the molecule is COc1ccc(N(CCNS(=O)(=O)c2ccccc2Cl)C(C)=O)cc1. The van der Waals surface area contributed by atoms with E-state index in [1.165, 1.54) is 24.0 Å². The summed E-state index contributed by atoms with van der Waals surface area (Å²) in [5.41, 5.74) is 0.658. The Morgan fingerprint density at radius 3 is 2.36 bits per heavy atom. The summed E-state index contributed by atoms with van der Waals surface area (Å²) in [6.45, 7) is 1.66. The minimum Gasteiger partial charge on any atom is -0.497 e. The Morgan fingerprint density at radius 2 is 1.80 bits per heavy atom. The predicted octanol–water partition coefficient (Wildman–Crippen LogP) is 2.68. The van der Waals surface area contributed by atoms with Crippen LogP contribution in [0.3, 0.4) is 0 Å². The summed E-state index contributed by atoms with van der Waals surface area (Å²) in [5.74, 6) is 0.480. The molecule has 2 aromatic rings. The van der Waals surface area contributed by atoms with E-state index in [4.69, 9.17) is 16.3 Å². The standard InChI is InChI=1S/C17H19ClN2O4S/c1-13(21)20(14-7-9-15(24-2)10-8-14)12-11-19-25(22,23)17-6-4-3-5-16(17)18/h3-10,19H,11-12H2,1-2H3. The molecule has 8 heteroatoms. The first-order valence-corrected chi connectivity index (χ1v) is 9.37. The molecule has 0 radical (unpaired) electrons. The number of amides is 1. The number of anilines is 1. The Bertz CT molecular complexity index is 838. The molecule has 0 aromatic heterocycles. The van der Waals surface area contributed by atoms with E-state index < -0.39 is 10.0 Å². The van der Waals surface area contributed by atoms with E-state index in [2.05, 4.69) is 4.72 Å². The van der Waals surface area contributed by atoms with E-state index in [0.29, 0.717) is 11.4 Å². The van der Waals surface area contributed by atoms with E-state index in [1.807, 2.05) is 0 Å². The Hall–Kier alpha value is -2.09. The van der Waals surface area contributed by atoms with E-state index in [0.717, 1.165) is 0 Å². The summed E-state index contributed by atoms with van der Waals surface area (Å²) in [7, 11) is -2.19. The Labute approximate surface area is 152 Å². The highest BCUT2D eigenvalue weighted by molar-refractivity contribution is 7.89. The number of methoxy groups -OCH3 is 1. The molecule has 0 heterocycles. The maximum atomic E-state index is 12.3. The van der Waals surface area contributed by atoms with Crippen LogP contribution in [0.5, 0.6) is 5.75 Å². The number of sulfonamides is 1. The Balaban J connectivity index is 2.06. The third kappa shape index (κ3) is 4.94. The molecule has 0 saturated heterocycles. The number of hydrogen-bond acceptors (Lipinski definition) is 4. The average molecular weight is 383 g/mol. The van der Waals surface area contributed by atoms with Crippen LogP contribution >= 0.6 is 11.6 Å². The van der Waals surface area contributed by atoms with Crippen LogP contribution in [0, 0.1) is 0 Å². The van der Waals surface area contributed by atoms with Crippen molar-refractivity contribution < 1.29 is 17.9 Å². The van der Waals surface area contributed by atoms with Gasteiger partial charge in [-0.1, -0.05) is 23.7 Å². The zero-order valence-electron chi connectivity index (χ0n) is 13.9. The van der Waals surface area contributed by atoms with Crippen molar-refractivity contribution in [3.8, 4) is 5.75 Å². The quantitative estimate of drug-likeness (QED) is 0.798. The second-order valence-corrected chi connectivity index (χ2v) is 7.34. The van der Waals surface area contributed by atoms with Crippen molar-refractivity contribution in [2.45, 2.75) is 11.8 Å². The number of nitrogens with zero attached hydrogens (tertiary/aromatic N) is 1. The zero-order valence-corrected chi connectivity index (χ0v) is 15.5. The van der Waals surface area contributed by atoms with Gasteiger partial charge in [-0.2, -0.15) is 0 Å². The first kappa shape index (κ1) is 19.2. The van der Waals surface area contributed by atoms with E-state index >= 15 is 0 Å². The molecule has 2 aromatic carbocycles. The molecule has 0 aliphatic carbocycles. The van der Waals surface area contributed by atoms with Crippen LogP contribution in [-0.2, 0) is 14.8 Å². The summed E-state index contributed by atoms with van der Waals surface area (Å²) in [6.07, 6.45) is 0. The molecule has 0 bridgehead atoms. The lowest BCUT2D eigenvalue weighted by molar-refractivity contribution is -0.116. The average Bonchev–Trinajstić information content (AvgIpc) is 2.59. The third-order valence-electron chi connectivity index (χ3n) is 3.52. The molecule has 0 atom stereocenters. The molecule has 1 amide bonds. The summed E-state index contributed by atoms with van der Waals surface area (Å²) in [6, 6.07) is 13.1. The highest BCUT2D eigenvalue weighted by Gasteiger charge is 2.18. The van der Waals surface area contributed by atoms with Gasteiger partial charge in [0.1, 0.15) is 10.6 Å². The monoisotopic (exact) mass is 382 g/mol.